The highest BCUT2D eigenvalue weighted by molar-refractivity contribution is 5.21. The Labute approximate surface area is 198 Å². The smallest absolute Gasteiger partial charge is 0.0353 e. The maximum Gasteiger partial charge on any atom is 0.0353 e. The van der Waals surface area contributed by atoms with E-state index >= 15 is 0 Å². The maximum atomic E-state index is 2.66. The second-order valence-electron chi connectivity index (χ2n) is 11.6. The Hall–Kier alpha value is -1.64. The van der Waals surface area contributed by atoms with Crippen LogP contribution < -0.4 is 0 Å². The molecule has 0 saturated carbocycles. The van der Waals surface area contributed by atoms with E-state index in [9.17, 15) is 0 Å². The molecule has 0 radical (unpaired) electrons. The van der Waals surface area contributed by atoms with E-state index in [1.165, 1.54) is 62.7 Å². The van der Waals surface area contributed by atoms with Gasteiger partial charge in [-0.3, -0.25) is 9.80 Å². The van der Waals surface area contributed by atoms with Crippen molar-refractivity contribution in [3.63, 3.8) is 0 Å². The van der Waals surface area contributed by atoms with E-state index in [0.717, 1.165) is 0 Å². The Morgan fingerprint density at radius 2 is 0.875 bits per heavy atom. The Kier molecular flexibility index (Phi) is 8.58. The van der Waals surface area contributed by atoms with E-state index in [2.05, 4.69) is 112 Å². The van der Waals surface area contributed by atoms with Gasteiger partial charge in [0.1, 0.15) is 0 Å². The topological polar surface area (TPSA) is 6.48 Å². The van der Waals surface area contributed by atoms with Crippen LogP contribution in [0.2, 0.25) is 0 Å². The summed E-state index contributed by atoms with van der Waals surface area (Å²) in [6.45, 7) is 16.4. The summed E-state index contributed by atoms with van der Waals surface area (Å²) in [7, 11) is 0. The molecule has 0 N–H and O–H groups in total. The van der Waals surface area contributed by atoms with Gasteiger partial charge in [0.05, 0.1) is 0 Å². The number of piperidine rings is 2. The van der Waals surface area contributed by atoms with Crippen LogP contribution in [0, 0.1) is 0 Å². The number of nitrogens with zero attached hydrogens (tertiary/aromatic N) is 2. The van der Waals surface area contributed by atoms with Crippen molar-refractivity contribution in [3.05, 3.63) is 71.8 Å². The van der Waals surface area contributed by atoms with Gasteiger partial charge in [0.25, 0.3) is 0 Å². The molecule has 2 atom stereocenters. The molecular weight excluding hydrogens is 388 g/mol. The van der Waals surface area contributed by atoms with Gasteiger partial charge in [-0.25, -0.2) is 0 Å². The van der Waals surface area contributed by atoms with Crippen molar-refractivity contribution in [1.29, 1.82) is 0 Å². The largest absolute Gasteiger partial charge is 0.291 e. The number of benzene rings is 2. The van der Waals surface area contributed by atoms with Crippen LogP contribution in [0.1, 0.15) is 103 Å². The highest BCUT2D eigenvalue weighted by Crippen LogP contribution is 2.36. The molecule has 2 saturated heterocycles. The van der Waals surface area contributed by atoms with Crippen LogP contribution in [0.25, 0.3) is 0 Å². The van der Waals surface area contributed by atoms with Crippen LogP contribution in [-0.4, -0.2) is 34.0 Å². The summed E-state index contributed by atoms with van der Waals surface area (Å²) in [6, 6.07) is 23.2. The summed E-state index contributed by atoms with van der Waals surface area (Å²) in [6.07, 6.45) is 8.04. The van der Waals surface area contributed by atoms with Crippen molar-refractivity contribution < 1.29 is 0 Å². The zero-order chi connectivity index (χ0) is 23.2. The van der Waals surface area contributed by atoms with E-state index in [-0.39, 0.29) is 11.1 Å². The van der Waals surface area contributed by atoms with E-state index < -0.39 is 0 Å². The average Bonchev–Trinajstić information content (AvgIpc) is 2.80. The van der Waals surface area contributed by atoms with Crippen molar-refractivity contribution in [2.45, 2.75) is 103 Å². The van der Waals surface area contributed by atoms with Gasteiger partial charge < -0.3 is 0 Å². The molecule has 0 bridgehead atoms. The molecule has 176 valence electrons. The van der Waals surface area contributed by atoms with Gasteiger partial charge in [-0.15, -0.1) is 0 Å². The van der Waals surface area contributed by atoms with Crippen LogP contribution in [0.4, 0.5) is 0 Å². The summed E-state index contributed by atoms with van der Waals surface area (Å²) in [4.78, 5) is 5.32. The lowest BCUT2D eigenvalue weighted by atomic mass is 9.90. The third-order valence-corrected chi connectivity index (χ3v) is 7.10. The normalized spacial score (nSPS) is 23.3. The first-order chi connectivity index (χ1) is 15.2. The van der Waals surface area contributed by atoms with Crippen molar-refractivity contribution >= 4 is 0 Å². The van der Waals surface area contributed by atoms with Gasteiger partial charge in [0.15, 0.2) is 0 Å². The number of likely N-dealkylation sites (tertiary alicyclic amines) is 2. The lowest BCUT2D eigenvalue weighted by Crippen LogP contribution is -2.46. The summed E-state index contributed by atoms with van der Waals surface area (Å²) >= 11 is 0. The summed E-state index contributed by atoms with van der Waals surface area (Å²) < 4.78 is 0. The van der Waals surface area contributed by atoms with Crippen molar-refractivity contribution in [2.24, 2.45) is 0 Å². The highest BCUT2D eigenvalue weighted by Gasteiger charge is 2.32. The molecule has 2 aliphatic heterocycles. The highest BCUT2D eigenvalue weighted by atomic mass is 15.2. The average molecular weight is 435 g/mol. The Balaban J connectivity index is 0.000000181. The Morgan fingerprint density at radius 3 is 1.19 bits per heavy atom. The van der Waals surface area contributed by atoms with Gasteiger partial charge in [-0.1, -0.05) is 73.5 Å². The molecule has 0 spiro atoms. The molecule has 0 amide bonds. The standard InChI is InChI=1S/2C15H23N/c2*1-15(2,3)16-12-8-7-11-14(16)13-9-5-4-6-10-13/h2*4-6,9-10,14H,7-8,11-12H2,1-3H3/t2*14-/m00/s1. The molecular formula is C30H46N2. The van der Waals surface area contributed by atoms with Crippen molar-refractivity contribution in [3.8, 4) is 0 Å². The van der Waals surface area contributed by atoms with Crippen LogP contribution in [0.5, 0.6) is 0 Å². The van der Waals surface area contributed by atoms with Gasteiger partial charge >= 0.3 is 0 Å². The second kappa shape index (κ2) is 11.0. The fourth-order valence-corrected chi connectivity index (χ4v) is 5.51. The zero-order valence-corrected chi connectivity index (χ0v) is 21.5. The predicted octanol–water partition coefficient (Wildman–Crippen LogP) is 8.02. The molecule has 0 aromatic heterocycles. The van der Waals surface area contributed by atoms with E-state index in [1.807, 2.05) is 0 Å². The minimum Gasteiger partial charge on any atom is -0.291 e. The fraction of sp³-hybridized carbons (Fsp3) is 0.600. The minimum absolute atomic E-state index is 0.279. The maximum absolute atomic E-state index is 2.66. The lowest BCUT2D eigenvalue weighted by molar-refractivity contribution is 0.0508. The van der Waals surface area contributed by atoms with Crippen molar-refractivity contribution in [2.75, 3.05) is 13.1 Å². The SMILES string of the molecule is CC(C)(C)N1CCCC[C@H]1c1ccccc1.CC(C)(C)N1CCCC[C@H]1c1ccccc1. The summed E-state index contributed by atoms with van der Waals surface area (Å²) in [5.41, 5.74) is 3.52. The third-order valence-electron chi connectivity index (χ3n) is 7.10. The molecule has 2 heterocycles. The molecule has 2 fully saturated rings. The van der Waals surface area contributed by atoms with Crippen LogP contribution in [0.3, 0.4) is 0 Å². The van der Waals surface area contributed by atoms with E-state index in [0.29, 0.717) is 12.1 Å². The predicted molar refractivity (Wildman–Crippen MR) is 139 cm³/mol. The lowest BCUT2D eigenvalue weighted by Gasteiger charge is -2.45. The van der Waals surface area contributed by atoms with Gasteiger partial charge in [0.2, 0.25) is 0 Å². The second-order valence-corrected chi connectivity index (χ2v) is 11.6. The summed E-state index contributed by atoms with van der Waals surface area (Å²) in [5.74, 6) is 0. The quantitative estimate of drug-likeness (QED) is 0.472. The van der Waals surface area contributed by atoms with Crippen molar-refractivity contribution in [1.82, 2.24) is 9.80 Å². The van der Waals surface area contributed by atoms with Gasteiger partial charge in [-0.05, 0) is 91.4 Å². The monoisotopic (exact) mass is 434 g/mol. The van der Waals surface area contributed by atoms with E-state index in [4.69, 9.17) is 0 Å². The first-order valence-electron chi connectivity index (χ1n) is 12.8. The molecule has 2 aromatic carbocycles. The first-order valence-corrected chi connectivity index (χ1v) is 12.8. The molecule has 2 aromatic rings. The molecule has 32 heavy (non-hydrogen) atoms. The van der Waals surface area contributed by atoms with Crippen LogP contribution in [-0.2, 0) is 0 Å². The molecule has 0 unspecified atom stereocenters. The number of rotatable bonds is 2. The fourth-order valence-electron chi connectivity index (χ4n) is 5.51. The molecule has 0 aliphatic carbocycles. The molecule has 4 rings (SSSR count). The Morgan fingerprint density at radius 1 is 0.531 bits per heavy atom. The molecule has 2 nitrogen and oxygen atoms in total. The minimum atomic E-state index is 0.279. The Bertz CT molecular complexity index is 716. The van der Waals surface area contributed by atoms with Gasteiger partial charge in [0, 0.05) is 23.2 Å². The van der Waals surface area contributed by atoms with Crippen LogP contribution in [0.15, 0.2) is 60.7 Å². The third kappa shape index (κ3) is 6.68. The van der Waals surface area contributed by atoms with E-state index in [1.54, 1.807) is 0 Å². The number of hydrogen-bond donors (Lipinski definition) is 0. The van der Waals surface area contributed by atoms with Gasteiger partial charge in [-0.2, -0.15) is 0 Å². The summed E-state index contributed by atoms with van der Waals surface area (Å²) in [5, 5.41) is 0. The number of hydrogen-bond acceptors (Lipinski definition) is 2. The first kappa shape index (κ1) is 25.0. The molecule has 2 heteroatoms. The zero-order valence-electron chi connectivity index (χ0n) is 21.5. The van der Waals surface area contributed by atoms with Crippen LogP contribution >= 0.6 is 0 Å². The molecule has 2 aliphatic rings.